The van der Waals surface area contributed by atoms with Gasteiger partial charge in [0.2, 0.25) is 0 Å². The molecule has 63 heavy (non-hydrogen) atoms. The van der Waals surface area contributed by atoms with Gasteiger partial charge in [0, 0.05) is 32.9 Å². The molecule has 0 aliphatic rings. The lowest BCUT2D eigenvalue weighted by Crippen LogP contribution is -2.74. The summed E-state index contributed by atoms with van der Waals surface area (Å²) in [6.07, 6.45) is 0. The lowest BCUT2D eigenvalue weighted by atomic mass is 10.1. The number of aromatic nitrogens is 2. The molecule has 0 N–H and O–H groups in total. The van der Waals surface area contributed by atoms with Crippen molar-refractivity contribution in [2.24, 2.45) is 0 Å². The van der Waals surface area contributed by atoms with Gasteiger partial charge in [-0.05, 0) is 85.5 Å². The summed E-state index contributed by atoms with van der Waals surface area (Å²) in [7, 11) is -3.06. The number of benzene rings is 10. The molecular weight excluding hydrogens is 777 g/mol. The van der Waals surface area contributed by atoms with E-state index in [9.17, 15) is 0 Å². The fourth-order valence-corrected chi connectivity index (χ4v) is 15.2. The van der Waals surface area contributed by atoms with E-state index in [1.165, 1.54) is 86.6 Å². The van der Waals surface area contributed by atoms with E-state index in [0.29, 0.717) is 0 Å². The maximum absolute atomic E-state index is 3.06. The van der Waals surface area contributed by atoms with E-state index in [2.05, 4.69) is 264 Å². The molecule has 296 valence electrons. The van der Waals surface area contributed by atoms with Crippen LogP contribution in [0.2, 0.25) is 0 Å². The number of nitrogens with zero attached hydrogens (tertiary/aromatic N) is 2. The minimum Gasteiger partial charge on any atom is -0.309 e. The smallest absolute Gasteiger partial charge is 0.179 e. The van der Waals surface area contributed by atoms with E-state index in [1.807, 2.05) is 0 Å². The first-order valence-corrected chi connectivity index (χ1v) is 23.8. The Morgan fingerprint density at radius 3 is 1.32 bits per heavy atom. The first kappa shape index (κ1) is 36.8. The number of hydrogen-bond acceptors (Lipinski definition) is 0. The monoisotopic (exact) mass is 818 g/mol. The van der Waals surface area contributed by atoms with E-state index in [0.717, 1.165) is 11.4 Å². The van der Waals surface area contributed by atoms with E-state index in [1.54, 1.807) is 0 Å². The standard InChI is InChI=1S/C60H42N2Si/c1-5-20-43(21-6-1)45-24-17-31-50(40-45)63(49-29-11-4-12-30-49,51-32-18-25-46(41-51)44-22-7-2-8-23-44)52-33-19-28-48(42-52)62-56-36-15-13-34-53(56)54-38-39-58-59(60(54)62)55-35-14-16-37-57(55)61(58)47-26-9-3-10-27-47/h1-42H. The molecule has 0 bridgehead atoms. The zero-order valence-electron chi connectivity index (χ0n) is 34.6. The Morgan fingerprint density at radius 2 is 0.698 bits per heavy atom. The Labute approximate surface area is 368 Å². The highest BCUT2D eigenvalue weighted by atomic mass is 28.3. The Kier molecular flexibility index (Phi) is 8.87. The van der Waals surface area contributed by atoms with Crippen LogP contribution in [0.3, 0.4) is 0 Å². The highest BCUT2D eigenvalue weighted by molar-refractivity contribution is 7.20. The molecule has 3 heteroatoms. The van der Waals surface area contributed by atoms with Crippen LogP contribution in [-0.4, -0.2) is 17.2 Å². The summed E-state index contributed by atoms with van der Waals surface area (Å²) >= 11 is 0. The van der Waals surface area contributed by atoms with Gasteiger partial charge in [0.25, 0.3) is 0 Å². The van der Waals surface area contributed by atoms with Gasteiger partial charge in [-0.2, -0.15) is 0 Å². The Morgan fingerprint density at radius 1 is 0.254 bits per heavy atom. The fourth-order valence-electron chi connectivity index (χ4n) is 10.3. The first-order valence-electron chi connectivity index (χ1n) is 21.8. The summed E-state index contributed by atoms with van der Waals surface area (Å²) in [6, 6.07) is 94.5. The maximum atomic E-state index is 2.54. The third-order valence-corrected chi connectivity index (χ3v) is 17.8. The molecule has 0 radical (unpaired) electrons. The van der Waals surface area contributed by atoms with Crippen LogP contribution >= 0.6 is 0 Å². The average Bonchev–Trinajstić information content (AvgIpc) is 3.89. The molecule has 2 heterocycles. The molecule has 0 aliphatic carbocycles. The molecule has 0 atom stereocenters. The highest BCUT2D eigenvalue weighted by Crippen LogP contribution is 2.42. The normalized spacial score (nSPS) is 11.8. The van der Waals surface area contributed by atoms with E-state index >= 15 is 0 Å². The Balaban J connectivity index is 1.19. The molecule has 0 unspecified atom stereocenters. The number of hydrogen-bond donors (Lipinski definition) is 0. The molecule has 12 rings (SSSR count). The number of rotatable bonds is 8. The molecule has 10 aromatic carbocycles. The molecule has 0 saturated heterocycles. The average molecular weight is 819 g/mol. The lowest BCUT2D eigenvalue weighted by Gasteiger charge is -2.35. The van der Waals surface area contributed by atoms with Crippen molar-refractivity contribution >= 4 is 72.4 Å². The SMILES string of the molecule is c1ccc(-c2cccc([Si](c3ccccc3)(c3cccc(-c4ccccc4)c3)c3cccc(-n4c5ccccc5c5ccc6c(c7ccccc7n6-c6ccccc6)c54)c3)c2)cc1. The summed E-state index contributed by atoms with van der Waals surface area (Å²) in [5.41, 5.74) is 12.0. The van der Waals surface area contributed by atoms with Crippen LogP contribution in [0.15, 0.2) is 255 Å². The predicted molar refractivity (Wildman–Crippen MR) is 270 cm³/mol. The van der Waals surface area contributed by atoms with E-state index in [4.69, 9.17) is 0 Å². The van der Waals surface area contributed by atoms with Gasteiger partial charge >= 0.3 is 0 Å². The zero-order valence-corrected chi connectivity index (χ0v) is 35.6. The molecule has 2 aromatic heterocycles. The number of para-hydroxylation sites is 3. The lowest BCUT2D eigenvalue weighted by molar-refractivity contribution is 1.17. The van der Waals surface area contributed by atoms with E-state index < -0.39 is 8.07 Å². The molecule has 0 saturated carbocycles. The molecule has 12 aromatic rings. The second-order valence-corrected chi connectivity index (χ2v) is 20.3. The van der Waals surface area contributed by atoms with Gasteiger partial charge in [0.05, 0.1) is 22.1 Å². The summed E-state index contributed by atoms with van der Waals surface area (Å²) in [5.74, 6) is 0. The highest BCUT2D eigenvalue weighted by Gasteiger charge is 2.42. The second-order valence-electron chi connectivity index (χ2n) is 16.5. The third kappa shape index (κ3) is 5.93. The van der Waals surface area contributed by atoms with Crippen molar-refractivity contribution in [2.45, 2.75) is 0 Å². The Hall–Kier alpha value is -7.98. The van der Waals surface area contributed by atoms with Gasteiger partial charge in [-0.25, -0.2) is 0 Å². The summed E-state index contributed by atoms with van der Waals surface area (Å²) in [4.78, 5) is 0. The Bertz CT molecular complexity index is 3520. The second kappa shape index (κ2) is 15.2. The number of fused-ring (bicyclic) bond motifs is 7. The summed E-state index contributed by atoms with van der Waals surface area (Å²) in [5, 5.41) is 10.3. The van der Waals surface area contributed by atoms with Gasteiger partial charge in [0.1, 0.15) is 0 Å². The molecule has 0 amide bonds. The quantitative estimate of drug-likeness (QED) is 0.107. The van der Waals surface area contributed by atoms with Crippen LogP contribution in [0.4, 0.5) is 0 Å². The van der Waals surface area contributed by atoms with Crippen LogP contribution < -0.4 is 20.7 Å². The summed E-state index contributed by atoms with van der Waals surface area (Å²) in [6.45, 7) is 0. The largest absolute Gasteiger partial charge is 0.309 e. The van der Waals surface area contributed by atoms with Crippen LogP contribution in [0.1, 0.15) is 0 Å². The van der Waals surface area contributed by atoms with Crippen LogP contribution in [-0.2, 0) is 0 Å². The van der Waals surface area contributed by atoms with Gasteiger partial charge < -0.3 is 9.13 Å². The van der Waals surface area contributed by atoms with Crippen molar-refractivity contribution in [3.63, 3.8) is 0 Å². The van der Waals surface area contributed by atoms with Gasteiger partial charge in [0.15, 0.2) is 8.07 Å². The molecule has 0 aliphatic heterocycles. The van der Waals surface area contributed by atoms with Crippen LogP contribution in [0.5, 0.6) is 0 Å². The van der Waals surface area contributed by atoms with E-state index in [-0.39, 0.29) is 0 Å². The van der Waals surface area contributed by atoms with Crippen molar-refractivity contribution in [3.8, 4) is 33.6 Å². The molecule has 0 fully saturated rings. The topological polar surface area (TPSA) is 9.86 Å². The van der Waals surface area contributed by atoms with Gasteiger partial charge in [-0.15, -0.1) is 0 Å². The summed E-state index contributed by atoms with van der Waals surface area (Å²) < 4.78 is 4.97. The minimum atomic E-state index is -3.06. The predicted octanol–water partition coefficient (Wildman–Crippen LogP) is 12.6. The zero-order chi connectivity index (χ0) is 41.7. The minimum absolute atomic E-state index is 1.15. The first-order chi connectivity index (χ1) is 31.3. The molecule has 2 nitrogen and oxygen atoms in total. The van der Waals surface area contributed by atoms with Crippen molar-refractivity contribution in [1.82, 2.24) is 9.13 Å². The van der Waals surface area contributed by atoms with Crippen molar-refractivity contribution < 1.29 is 0 Å². The van der Waals surface area contributed by atoms with Crippen LogP contribution in [0, 0.1) is 0 Å². The van der Waals surface area contributed by atoms with Gasteiger partial charge in [-0.3, -0.25) is 0 Å². The van der Waals surface area contributed by atoms with Gasteiger partial charge in [-0.1, -0.05) is 212 Å². The fraction of sp³-hybridized carbons (Fsp3) is 0. The molecule has 0 spiro atoms. The van der Waals surface area contributed by atoms with Crippen LogP contribution in [0.25, 0.3) is 77.2 Å². The third-order valence-electron chi connectivity index (χ3n) is 13.0. The molecular formula is C60H42N2Si. The van der Waals surface area contributed by atoms with Crippen molar-refractivity contribution in [3.05, 3.63) is 255 Å². The maximum Gasteiger partial charge on any atom is 0.179 e. The van der Waals surface area contributed by atoms with Crippen molar-refractivity contribution in [2.75, 3.05) is 0 Å². The van der Waals surface area contributed by atoms with Crippen molar-refractivity contribution in [1.29, 1.82) is 0 Å².